The topological polar surface area (TPSA) is 74.9 Å². The number of hydrogen-bond donors (Lipinski definition) is 0. The van der Waals surface area contributed by atoms with Gasteiger partial charge in [0.25, 0.3) is 0 Å². The number of nitriles is 1. The van der Waals surface area contributed by atoms with Gasteiger partial charge in [0, 0.05) is 25.8 Å². The summed E-state index contributed by atoms with van der Waals surface area (Å²) in [5.74, 6) is -0.566. The van der Waals surface area contributed by atoms with Crippen molar-refractivity contribution in [1.29, 1.82) is 5.26 Å². The van der Waals surface area contributed by atoms with Gasteiger partial charge in [0.1, 0.15) is 17.5 Å². The maximum atomic E-state index is 9.86. The average molecular weight is 504 g/mol. The molecule has 0 saturated carbocycles. The minimum Gasteiger partial charge on any atom is -0.459 e. The van der Waals surface area contributed by atoms with E-state index in [4.69, 9.17) is 4.74 Å². The maximum absolute atomic E-state index is 9.86. The molecule has 2 aromatic heterocycles. The van der Waals surface area contributed by atoms with E-state index in [1.807, 2.05) is 24.3 Å². The number of thiazole rings is 1. The Balaban J connectivity index is 1.09. The minimum atomic E-state index is -0.566. The Kier molecular flexibility index (Phi) is 6.59. The first kappa shape index (κ1) is 23.3. The number of fused-ring (bicyclic) bond motifs is 2. The lowest BCUT2D eigenvalue weighted by atomic mass is 9.99. The largest absolute Gasteiger partial charge is 0.459 e. The van der Waals surface area contributed by atoms with Crippen molar-refractivity contribution in [3.63, 3.8) is 0 Å². The molecule has 0 aliphatic carbocycles. The third-order valence-corrected chi connectivity index (χ3v) is 7.75. The maximum Gasteiger partial charge on any atom is 0.316 e. The van der Waals surface area contributed by atoms with Gasteiger partial charge in [0.2, 0.25) is 0 Å². The van der Waals surface area contributed by atoms with Crippen LogP contribution in [-0.4, -0.2) is 26.4 Å². The molecule has 3 heterocycles. The van der Waals surface area contributed by atoms with E-state index < -0.39 is 5.92 Å². The second-order valence-corrected chi connectivity index (χ2v) is 10.2. The van der Waals surface area contributed by atoms with Gasteiger partial charge in [0.05, 0.1) is 22.0 Å². The number of nitrogens with zero attached hydrogens (tertiary/aromatic N) is 5. The molecule has 5 aromatic rings. The normalized spacial score (nSPS) is 14.1. The lowest BCUT2D eigenvalue weighted by Crippen LogP contribution is -2.29. The summed E-state index contributed by atoms with van der Waals surface area (Å²) in [6.07, 6.45) is 2.74. The van der Waals surface area contributed by atoms with Gasteiger partial charge in [-0.2, -0.15) is 10.2 Å². The predicted octanol–water partition coefficient (Wildman–Crippen LogP) is 5.88. The molecule has 1 aliphatic heterocycles. The van der Waals surface area contributed by atoms with Gasteiger partial charge in [-0.15, -0.1) is 11.3 Å². The standard InChI is InChI=1S/C30H25N5OS/c31-17-25(29-33-27-7-3-4-8-28(27)37-29)26-13-15-32-30(34-26)36-20-22-11-9-21(10-12-22)18-35-16-14-23-5-1-2-6-24(23)19-35/h1-13,15,25H,14,16,18-20H2. The van der Waals surface area contributed by atoms with Gasteiger partial charge in [-0.3, -0.25) is 4.90 Å². The van der Waals surface area contributed by atoms with Crippen molar-refractivity contribution in [3.05, 3.63) is 118 Å². The summed E-state index contributed by atoms with van der Waals surface area (Å²) in [5.41, 5.74) is 6.71. The lowest BCUT2D eigenvalue weighted by molar-refractivity contribution is 0.245. The highest BCUT2D eigenvalue weighted by atomic mass is 32.1. The van der Waals surface area contributed by atoms with Crippen LogP contribution in [-0.2, 0) is 26.1 Å². The molecule has 0 N–H and O–H groups in total. The summed E-state index contributed by atoms with van der Waals surface area (Å²) in [7, 11) is 0. The molecule has 0 radical (unpaired) electrons. The molecular weight excluding hydrogens is 478 g/mol. The molecule has 3 aromatic carbocycles. The van der Waals surface area contributed by atoms with E-state index in [1.165, 1.54) is 28.0 Å². The van der Waals surface area contributed by atoms with Crippen LogP contribution >= 0.6 is 11.3 Å². The molecule has 0 fully saturated rings. The summed E-state index contributed by atoms with van der Waals surface area (Å²) in [4.78, 5) is 15.9. The number of ether oxygens (including phenoxy) is 1. The van der Waals surface area contributed by atoms with E-state index in [0.717, 1.165) is 46.8 Å². The van der Waals surface area contributed by atoms with E-state index >= 15 is 0 Å². The van der Waals surface area contributed by atoms with Crippen molar-refractivity contribution in [3.8, 4) is 12.1 Å². The van der Waals surface area contributed by atoms with E-state index in [2.05, 4.69) is 74.5 Å². The fourth-order valence-corrected chi connectivity index (χ4v) is 5.71. The van der Waals surface area contributed by atoms with Crippen LogP contribution < -0.4 is 4.74 Å². The van der Waals surface area contributed by atoms with Crippen molar-refractivity contribution in [2.45, 2.75) is 32.0 Å². The zero-order chi connectivity index (χ0) is 25.0. The summed E-state index contributed by atoms with van der Waals surface area (Å²) >= 11 is 1.51. The van der Waals surface area contributed by atoms with Crippen LogP contribution in [0.3, 0.4) is 0 Å². The highest BCUT2D eigenvalue weighted by molar-refractivity contribution is 7.18. The van der Waals surface area contributed by atoms with Crippen molar-refractivity contribution >= 4 is 21.6 Å². The second-order valence-electron chi connectivity index (χ2n) is 9.18. The zero-order valence-electron chi connectivity index (χ0n) is 20.2. The van der Waals surface area contributed by atoms with E-state index in [9.17, 15) is 5.26 Å². The van der Waals surface area contributed by atoms with E-state index in [0.29, 0.717) is 12.3 Å². The van der Waals surface area contributed by atoms with E-state index in [-0.39, 0.29) is 6.01 Å². The van der Waals surface area contributed by atoms with E-state index in [1.54, 1.807) is 12.3 Å². The number of para-hydroxylation sites is 1. The van der Waals surface area contributed by atoms with Crippen LogP contribution in [0, 0.1) is 11.3 Å². The van der Waals surface area contributed by atoms with Crippen molar-refractivity contribution in [2.75, 3.05) is 6.54 Å². The average Bonchev–Trinajstić information content (AvgIpc) is 3.37. The minimum absolute atomic E-state index is 0.259. The molecule has 0 amide bonds. The first-order chi connectivity index (χ1) is 18.2. The molecule has 1 atom stereocenters. The Morgan fingerprint density at radius 2 is 1.70 bits per heavy atom. The van der Waals surface area contributed by atoms with Crippen LogP contribution in [0.15, 0.2) is 85.1 Å². The summed E-state index contributed by atoms with van der Waals surface area (Å²) in [5, 5.41) is 10.6. The number of hydrogen-bond acceptors (Lipinski definition) is 7. The summed E-state index contributed by atoms with van der Waals surface area (Å²) in [6.45, 7) is 3.37. The molecule has 6 nitrogen and oxygen atoms in total. The van der Waals surface area contributed by atoms with Crippen molar-refractivity contribution in [1.82, 2.24) is 19.9 Å². The zero-order valence-corrected chi connectivity index (χ0v) is 21.1. The summed E-state index contributed by atoms with van der Waals surface area (Å²) < 4.78 is 6.94. The van der Waals surface area contributed by atoms with Gasteiger partial charge >= 0.3 is 6.01 Å². The van der Waals surface area contributed by atoms with Crippen LogP contribution in [0.1, 0.15) is 38.9 Å². The second kappa shape index (κ2) is 10.5. The van der Waals surface area contributed by atoms with Crippen LogP contribution in [0.25, 0.3) is 10.2 Å². The molecule has 182 valence electrons. The lowest BCUT2D eigenvalue weighted by Gasteiger charge is -2.28. The van der Waals surface area contributed by atoms with Crippen LogP contribution in [0.2, 0.25) is 0 Å². The third-order valence-electron chi connectivity index (χ3n) is 6.64. The summed E-state index contributed by atoms with van der Waals surface area (Å²) in [6, 6.07) is 29.5. The molecule has 1 aliphatic rings. The highest BCUT2D eigenvalue weighted by Crippen LogP contribution is 2.31. The van der Waals surface area contributed by atoms with Gasteiger partial charge < -0.3 is 4.74 Å². The van der Waals surface area contributed by atoms with Gasteiger partial charge in [-0.05, 0) is 46.9 Å². The third kappa shape index (κ3) is 5.21. The first-order valence-corrected chi connectivity index (χ1v) is 13.1. The van der Waals surface area contributed by atoms with Gasteiger partial charge in [0.15, 0.2) is 0 Å². The van der Waals surface area contributed by atoms with Crippen LogP contribution in [0.4, 0.5) is 0 Å². The molecule has 37 heavy (non-hydrogen) atoms. The van der Waals surface area contributed by atoms with Crippen molar-refractivity contribution < 1.29 is 4.74 Å². The highest BCUT2D eigenvalue weighted by Gasteiger charge is 2.21. The molecular formula is C30H25N5OS. The Morgan fingerprint density at radius 3 is 2.54 bits per heavy atom. The van der Waals surface area contributed by atoms with Crippen molar-refractivity contribution in [2.24, 2.45) is 0 Å². The van der Waals surface area contributed by atoms with Gasteiger partial charge in [-0.25, -0.2) is 9.97 Å². The fourth-order valence-electron chi connectivity index (χ4n) is 4.68. The monoisotopic (exact) mass is 503 g/mol. The molecule has 0 bridgehead atoms. The Labute approximate surface area is 219 Å². The Bertz CT molecular complexity index is 1540. The number of aromatic nitrogens is 3. The predicted molar refractivity (Wildman–Crippen MR) is 144 cm³/mol. The molecule has 6 rings (SSSR count). The Morgan fingerprint density at radius 1 is 0.919 bits per heavy atom. The Hall–Kier alpha value is -4.12. The fraction of sp³-hybridized carbons (Fsp3) is 0.200. The molecule has 1 unspecified atom stereocenters. The quantitative estimate of drug-likeness (QED) is 0.276. The number of benzene rings is 3. The SMILES string of the molecule is N#CC(c1ccnc(OCc2ccc(CN3CCc4ccccc4C3)cc2)n1)c1nc2ccccc2s1. The van der Waals surface area contributed by atoms with Gasteiger partial charge in [-0.1, -0.05) is 60.7 Å². The first-order valence-electron chi connectivity index (χ1n) is 12.3. The molecule has 7 heteroatoms. The smallest absolute Gasteiger partial charge is 0.316 e. The molecule has 0 spiro atoms. The number of rotatable bonds is 7. The molecule has 0 saturated heterocycles. The van der Waals surface area contributed by atoms with Crippen LogP contribution in [0.5, 0.6) is 6.01 Å².